The smallest absolute Gasteiger partial charge is 0.348 e. The third kappa shape index (κ3) is 4.02. The van der Waals surface area contributed by atoms with Gasteiger partial charge in [-0.15, -0.1) is 11.3 Å². The molecule has 1 aromatic heterocycles. The maximum absolute atomic E-state index is 12.2. The number of thiophene rings is 1. The summed E-state index contributed by atoms with van der Waals surface area (Å²) in [7, 11) is 0. The van der Waals surface area contributed by atoms with Crippen LogP contribution in [0, 0.1) is 11.3 Å². The fraction of sp³-hybridized carbons (Fsp3) is 0.188. The molecular weight excluding hydrogens is 366 g/mol. The van der Waals surface area contributed by atoms with E-state index in [9.17, 15) is 14.9 Å². The number of rotatable bonds is 5. The number of esters is 2. The summed E-state index contributed by atoms with van der Waals surface area (Å²) in [5.74, 6) is -1.36. The lowest BCUT2D eigenvalue weighted by molar-refractivity contribution is 0.0453. The number of benzene rings is 1. The summed E-state index contributed by atoms with van der Waals surface area (Å²) in [6.45, 7) is 1.49. The highest BCUT2D eigenvalue weighted by molar-refractivity contribution is 7.18. The molecule has 0 saturated carbocycles. The zero-order chi connectivity index (χ0) is 18.6. The highest BCUT2D eigenvalue weighted by atomic mass is 35.5. The summed E-state index contributed by atoms with van der Waals surface area (Å²) in [5, 5.41) is 9.71. The summed E-state index contributed by atoms with van der Waals surface area (Å²) < 4.78 is 10.1. The van der Waals surface area contributed by atoms with Gasteiger partial charge in [0.05, 0.1) is 17.7 Å². The number of nitrogen functional groups attached to an aromatic ring is 2. The van der Waals surface area contributed by atoms with Gasteiger partial charge >= 0.3 is 11.9 Å². The third-order valence-electron chi connectivity index (χ3n) is 3.19. The summed E-state index contributed by atoms with van der Waals surface area (Å²) in [6.07, 6.45) is 0. The number of nitrogens with two attached hydrogens (primary N) is 2. The topological polar surface area (TPSA) is 128 Å². The number of hydrogen-bond acceptors (Lipinski definition) is 8. The van der Waals surface area contributed by atoms with E-state index in [-0.39, 0.29) is 45.5 Å². The van der Waals surface area contributed by atoms with E-state index in [2.05, 4.69) is 0 Å². The Morgan fingerprint density at radius 1 is 1.28 bits per heavy atom. The van der Waals surface area contributed by atoms with Gasteiger partial charge in [0.2, 0.25) is 0 Å². The Hall–Kier alpha value is -2.76. The Bertz CT molecular complexity index is 873. The molecule has 0 bridgehead atoms. The van der Waals surface area contributed by atoms with Crippen LogP contribution in [0.25, 0.3) is 0 Å². The molecule has 0 aliphatic carbocycles. The molecule has 7 nitrogen and oxygen atoms in total. The second-order valence-electron chi connectivity index (χ2n) is 4.79. The van der Waals surface area contributed by atoms with Crippen LogP contribution in [-0.2, 0) is 16.1 Å². The van der Waals surface area contributed by atoms with Crippen molar-refractivity contribution >= 4 is 45.6 Å². The number of hydrogen-bond donors (Lipinski definition) is 2. The monoisotopic (exact) mass is 379 g/mol. The molecular formula is C16H14ClN3O4S. The van der Waals surface area contributed by atoms with E-state index in [4.69, 9.17) is 32.5 Å². The van der Waals surface area contributed by atoms with Crippen LogP contribution in [0.3, 0.4) is 0 Å². The zero-order valence-electron chi connectivity index (χ0n) is 13.2. The molecule has 0 saturated heterocycles. The molecule has 2 rings (SSSR count). The predicted molar refractivity (Wildman–Crippen MR) is 94.4 cm³/mol. The van der Waals surface area contributed by atoms with E-state index in [0.29, 0.717) is 5.02 Å². The van der Waals surface area contributed by atoms with E-state index in [1.54, 1.807) is 13.0 Å². The summed E-state index contributed by atoms with van der Waals surface area (Å²) >= 11 is 6.76. The molecule has 1 heterocycles. The fourth-order valence-corrected chi connectivity index (χ4v) is 3.12. The average Bonchev–Trinajstić information content (AvgIpc) is 2.90. The van der Waals surface area contributed by atoms with Gasteiger partial charge in [0.1, 0.15) is 22.6 Å². The number of carbonyl (C=O) groups excluding carboxylic acids is 2. The normalized spacial score (nSPS) is 10.1. The first kappa shape index (κ1) is 18.6. The molecule has 0 atom stereocenters. The largest absolute Gasteiger partial charge is 0.462 e. The molecule has 0 fully saturated rings. The SMILES string of the molecule is CCOC(=O)c1sc(N)c(C#N)c1COC(=O)c1cc(Cl)ccc1N. The number of halogens is 1. The maximum Gasteiger partial charge on any atom is 0.348 e. The Morgan fingerprint density at radius 3 is 2.64 bits per heavy atom. The van der Waals surface area contributed by atoms with Gasteiger partial charge in [0.25, 0.3) is 0 Å². The molecule has 2 aromatic rings. The molecule has 130 valence electrons. The highest BCUT2D eigenvalue weighted by Crippen LogP contribution is 2.32. The first-order chi connectivity index (χ1) is 11.9. The van der Waals surface area contributed by atoms with E-state index in [0.717, 1.165) is 11.3 Å². The second-order valence-corrected chi connectivity index (χ2v) is 6.28. The Kier molecular flexibility index (Phi) is 5.85. The van der Waals surface area contributed by atoms with Gasteiger partial charge in [-0.25, -0.2) is 9.59 Å². The van der Waals surface area contributed by atoms with Crippen molar-refractivity contribution in [3.8, 4) is 6.07 Å². The molecule has 0 radical (unpaired) electrons. The lowest BCUT2D eigenvalue weighted by atomic mass is 10.1. The molecule has 1 aromatic carbocycles. The molecule has 0 unspecified atom stereocenters. The van der Waals surface area contributed by atoms with Crippen LogP contribution in [0.1, 0.15) is 38.1 Å². The molecule has 0 aliphatic heterocycles. The zero-order valence-corrected chi connectivity index (χ0v) is 14.7. The lowest BCUT2D eigenvalue weighted by Gasteiger charge is -2.08. The molecule has 0 spiro atoms. The standard InChI is InChI=1S/C16H14ClN3O4S/c1-2-23-16(22)13-11(10(6-18)14(20)25-13)7-24-15(21)9-5-8(17)3-4-12(9)19/h3-5H,2,7,19-20H2,1H3. The van der Waals surface area contributed by atoms with Gasteiger partial charge in [-0.2, -0.15) is 5.26 Å². The van der Waals surface area contributed by atoms with Gasteiger partial charge < -0.3 is 20.9 Å². The first-order valence-electron chi connectivity index (χ1n) is 7.09. The Balaban J connectivity index is 2.28. The van der Waals surface area contributed by atoms with Crippen molar-refractivity contribution < 1.29 is 19.1 Å². The Morgan fingerprint density at radius 2 is 2.00 bits per heavy atom. The fourth-order valence-electron chi connectivity index (χ4n) is 2.03. The number of anilines is 2. The van der Waals surface area contributed by atoms with Crippen LogP contribution < -0.4 is 11.5 Å². The molecule has 25 heavy (non-hydrogen) atoms. The van der Waals surface area contributed by atoms with Crippen molar-refractivity contribution in [1.82, 2.24) is 0 Å². The van der Waals surface area contributed by atoms with Crippen LogP contribution in [0.4, 0.5) is 10.7 Å². The number of ether oxygens (including phenoxy) is 2. The quantitative estimate of drug-likeness (QED) is 0.603. The number of nitriles is 1. The van der Waals surface area contributed by atoms with Gasteiger partial charge in [0.15, 0.2) is 0 Å². The van der Waals surface area contributed by atoms with Gasteiger partial charge in [-0.05, 0) is 25.1 Å². The van der Waals surface area contributed by atoms with Gasteiger partial charge in [-0.3, -0.25) is 0 Å². The lowest BCUT2D eigenvalue weighted by Crippen LogP contribution is -2.11. The van der Waals surface area contributed by atoms with Crippen LogP contribution in [0.15, 0.2) is 18.2 Å². The van der Waals surface area contributed by atoms with Crippen molar-refractivity contribution in [3.63, 3.8) is 0 Å². The molecule has 9 heteroatoms. The van der Waals surface area contributed by atoms with E-state index in [1.807, 2.05) is 6.07 Å². The molecule has 0 aliphatic rings. The van der Waals surface area contributed by atoms with Crippen LogP contribution in [-0.4, -0.2) is 18.5 Å². The Labute approximate surface area is 152 Å². The highest BCUT2D eigenvalue weighted by Gasteiger charge is 2.24. The summed E-state index contributed by atoms with van der Waals surface area (Å²) in [5.41, 5.74) is 12.1. The van der Waals surface area contributed by atoms with Crippen molar-refractivity contribution in [2.24, 2.45) is 0 Å². The van der Waals surface area contributed by atoms with Crippen LogP contribution in [0.5, 0.6) is 0 Å². The van der Waals surface area contributed by atoms with Gasteiger partial charge in [-0.1, -0.05) is 11.6 Å². The number of nitrogens with zero attached hydrogens (tertiary/aromatic N) is 1. The molecule has 0 amide bonds. The predicted octanol–water partition coefficient (Wildman–Crippen LogP) is 2.97. The van der Waals surface area contributed by atoms with Crippen molar-refractivity contribution in [1.29, 1.82) is 5.26 Å². The van der Waals surface area contributed by atoms with Crippen molar-refractivity contribution in [2.45, 2.75) is 13.5 Å². The minimum Gasteiger partial charge on any atom is -0.462 e. The minimum atomic E-state index is -0.733. The number of carbonyl (C=O) groups is 2. The van der Waals surface area contributed by atoms with E-state index < -0.39 is 11.9 Å². The van der Waals surface area contributed by atoms with E-state index >= 15 is 0 Å². The van der Waals surface area contributed by atoms with Crippen molar-refractivity contribution in [2.75, 3.05) is 18.1 Å². The van der Waals surface area contributed by atoms with Crippen LogP contribution in [0.2, 0.25) is 5.02 Å². The first-order valence-corrected chi connectivity index (χ1v) is 8.29. The third-order valence-corrected chi connectivity index (χ3v) is 4.47. The van der Waals surface area contributed by atoms with Crippen LogP contribution >= 0.6 is 22.9 Å². The van der Waals surface area contributed by atoms with Crippen molar-refractivity contribution in [3.05, 3.63) is 44.8 Å². The maximum atomic E-state index is 12.2. The molecule has 4 N–H and O–H groups in total. The summed E-state index contributed by atoms with van der Waals surface area (Å²) in [4.78, 5) is 24.3. The minimum absolute atomic E-state index is 0.0833. The van der Waals surface area contributed by atoms with Gasteiger partial charge in [0, 0.05) is 16.3 Å². The second kappa shape index (κ2) is 7.88. The van der Waals surface area contributed by atoms with E-state index in [1.165, 1.54) is 12.1 Å². The summed E-state index contributed by atoms with van der Waals surface area (Å²) in [6, 6.07) is 6.30. The average molecular weight is 380 g/mol.